The van der Waals surface area contributed by atoms with Gasteiger partial charge in [-0.2, -0.15) is 0 Å². The van der Waals surface area contributed by atoms with Crippen molar-refractivity contribution in [3.05, 3.63) is 54.2 Å². The number of aromatic nitrogens is 1. The summed E-state index contributed by atoms with van der Waals surface area (Å²) >= 11 is 0. The number of amides is 2. The van der Waals surface area contributed by atoms with Crippen molar-refractivity contribution < 1.29 is 14.0 Å². The molecular formula is C16H17N3O3. The highest BCUT2D eigenvalue weighted by Crippen LogP contribution is 2.20. The maximum Gasteiger partial charge on any atom is 0.254 e. The largest absolute Gasteiger partial charge is 0.467 e. The molecule has 2 aromatic rings. The maximum atomic E-state index is 12.5. The summed E-state index contributed by atoms with van der Waals surface area (Å²) in [5, 5.41) is 2.82. The molecule has 1 atom stereocenters. The highest BCUT2D eigenvalue weighted by molar-refractivity contribution is 5.97. The van der Waals surface area contributed by atoms with Crippen LogP contribution in [-0.4, -0.2) is 34.3 Å². The summed E-state index contributed by atoms with van der Waals surface area (Å²) in [5.41, 5.74) is 0.556. The minimum atomic E-state index is -0.421. The van der Waals surface area contributed by atoms with Crippen LogP contribution in [-0.2, 0) is 11.3 Å². The summed E-state index contributed by atoms with van der Waals surface area (Å²) in [6.45, 7) is 0.930. The molecule has 0 saturated carbocycles. The van der Waals surface area contributed by atoms with Gasteiger partial charge in [0.25, 0.3) is 5.91 Å². The second-order valence-corrected chi connectivity index (χ2v) is 5.19. The van der Waals surface area contributed by atoms with Gasteiger partial charge in [0, 0.05) is 24.5 Å². The van der Waals surface area contributed by atoms with Crippen molar-refractivity contribution in [3.63, 3.8) is 0 Å². The van der Waals surface area contributed by atoms with Crippen LogP contribution in [0.3, 0.4) is 0 Å². The molecule has 0 aromatic carbocycles. The molecule has 1 fully saturated rings. The molecule has 2 amide bonds. The smallest absolute Gasteiger partial charge is 0.254 e. The molecule has 0 aliphatic carbocycles. The molecule has 6 heteroatoms. The molecule has 3 rings (SSSR count). The monoisotopic (exact) mass is 299 g/mol. The lowest BCUT2D eigenvalue weighted by Gasteiger charge is -2.23. The Balaban J connectivity index is 1.65. The van der Waals surface area contributed by atoms with E-state index in [4.69, 9.17) is 4.42 Å². The molecule has 1 aliphatic rings. The van der Waals surface area contributed by atoms with E-state index in [0.717, 1.165) is 6.42 Å². The van der Waals surface area contributed by atoms with Crippen LogP contribution >= 0.6 is 0 Å². The number of likely N-dealkylation sites (tertiary alicyclic amines) is 1. The van der Waals surface area contributed by atoms with Gasteiger partial charge in [0.2, 0.25) is 5.91 Å². The van der Waals surface area contributed by atoms with Crippen LogP contribution in [0.5, 0.6) is 0 Å². The van der Waals surface area contributed by atoms with Gasteiger partial charge in [0.1, 0.15) is 11.8 Å². The quantitative estimate of drug-likeness (QED) is 0.930. The zero-order valence-corrected chi connectivity index (χ0v) is 12.1. The molecule has 6 nitrogen and oxygen atoms in total. The van der Waals surface area contributed by atoms with Gasteiger partial charge in [0.05, 0.1) is 12.8 Å². The molecule has 22 heavy (non-hydrogen) atoms. The molecule has 0 radical (unpaired) electrons. The Morgan fingerprint density at radius 2 is 2.14 bits per heavy atom. The van der Waals surface area contributed by atoms with Crippen LogP contribution in [0.2, 0.25) is 0 Å². The second kappa shape index (κ2) is 6.43. The van der Waals surface area contributed by atoms with E-state index in [1.54, 1.807) is 47.8 Å². The number of hydrogen-bond donors (Lipinski definition) is 1. The first-order chi connectivity index (χ1) is 10.8. The van der Waals surface area contributed by atoms with Crippen LogP contribution in [0.15, 0.2) is 47.3 Å². The molecule has 3 heterocycles. The lowest BCUT2D eigenvalue weighted by atomic mass is 10.1. The predicted molar refractivity (Wildman–Crippen MR) is 78.9 cm³/mol. The summed E-state index contributed by atoms with van der Waals surface area (Å²) in [6.07, 6.45) is 6.23. The minimum Gasteiger partial charge on any atom is -0.467 e. The third-order valence-corrected chi connectivity index (χ3v) is 3.76. The molecule has 1 N–H and O–H groups in total. The Morgan fingerprint density at radius 1 is 1.32 bits per heavy atom. The Labute approximate surface area is 128 Å². The molecule has 0 spiro atoms. The highest BCUT2D eigenvalue weighted by atomic mass is 16.3. The number of rotatable bonds is 4. The van der Waals surface area contributed by atoms with Crippen LogP contribution in [0.25, 0.3) is 0 Å². The van der Waals surface area contributed by atoms with Crippen LogP contribution in [0.1, 0.15) is 29.0 Å². The normalized spacial score (nSPS) is 17.5. The van der Waals surface area contributed by atoms with Gasteiger partial charge in [-0.05, 0) is 37.1 Å². The van der Waals surface area contributed by atoms with E-state index in [1.807, 2.05) is 0 Å². The molecule has 0 bridgehead atoms. The molecule has 2 aromatic heterocycles. The van der Waals surface area contributed by atoms with E-state index in [-0.39, 0.29) is 11.8 Å². The lowest BCUT2D eigenvalue weighted by molar-refractivity contribution is -0.125. The Hall–Kier alpha value is -2.63. The van der Waals surface area contributed by atoms with Crippen LogP contribution in [0.4, 0.5) is 0 Å². The summed E-state index contributed by atoms with van der Waals surface area (Å²) in [4.78, 5) is 30.4. The topological polar surface area (TPSA) is 75.4 Å². The highest BCUT2D eigenvalue weighted by Gasteiger charge is 2.34. The maximum absolute atomic E-state index is 12.5. The van der Waals surface area contributed by atoms with Gasteiger partial charge in [-0.15, -0.1) is 0 Å². The van der Waals surface area contributed by atoms with Gasteiger partial charge in [0.15, 0.2) is 0 Å². The number of hydrogen-bond acceptors (Lipinski definition) is 4. The van der Waals surface area contributed by atoms with Crippen molar-refractivity contribution in [3.8, 4) is 0 Å². The SMILES string of the molecule is O=C(NCc1ccco1)[C@@H]1CCCN1C(=O)c1ccncc1. The fourth-order valence-electron chi connectivity index (χ4n) is 2.65. The van der Waals surface area contributed by atoms with Gasteiger partial charge >= 0.3 is 0 Å². The van der Waals surface area contributed by atoms with Crippen molar-refractivity contribution in [1.82, 2.24) is 15.2 Å². The average molecular weight is 299 g/mol. The Kier molecular flexibility index (Phi) is 4.18. The predicted octanol–water partition coefficient (Wildman–Crippen LogP) is 1.60. The molecule has 1 aliphatic heterocycles. The van der Waals surface area contributed by atoms with E-state index in [9.17, 15) is 9.59 Å². The number of carbonyl (C=O) groups excluding carboxylic acids is 2. The summed E-state index contributed by atoms with van der Waals surface area (Å²) < 4.78 is 5.19. The van der Waals surface area contributed by atoms with Gasteiger partial charge in [-0.3, -0.25) is 14.6 Å². The van der Waals surface area contributed by atoms with Crippen molar-refractivity contribution in [2.75, 3.05) is 6.54 Å². The standard InChI is InChI=1S/C16H17N3O3/c20-15(18-11-13-3-2-10-22-13)14-4-1-9-19(14)16(21)12-5-7-17-8-6-12/h2-3,5-8,10,14H,1,4,9,11H2,(H,18,20)/t14-/m0/s1. The fraction of sp³-hybridized carbons (Fsp3) is 0.312. The molecular weight excluding hydrogens is 282 g/mol. The van der Waals surface area contributed by atoms with E-state index < -0.39 is 6.04 Å². The Morgan fingerprint density at radius 3 is 2.86 bits per heavy atom. The van der Waals surface area contributed by atoms with Gasteiger partial charge in [-0.25, -0.2) is 0 Å². The Bertz CT molecular complexity index is 640. The summed E-state index contributed by atoms with van der Waals surface area (Å²) in [7, 11) is 0. The van der Waals surface area contributed by atoms with Crippen molar-refractivity contribution in [1.29, 1.82) is 0 Å². The van der Waals surface area contributed by atoms with Crippen LogP contribution < -0.4 is 5.32 Å². The number of carbonyl (C=O) groups is 2. The van der Waals surface area contributed by atoms with Crippen molar-refractivity contribution in [2.24, 2.45) is 0 Å². The van der Waals surface area contributed by atoms with E-state index in [1.165, 1.54) is 0 Å². The van der Waals surface area contributed by atoms with Gasteiger partial charge in [-0.1, -0.05) is 0 Å². The van der Waals surface area contributed by atoms with Crippen LogP contribution in [0, 0.1) is 0 Å². The van der Waals surface area contributed by atoms with Crippen molar-refractivity contribution in [2.45, 2.75) is 25.4 Å². The average Bonchev–Trinajstić information content (AvgIpc) is 3.24. The first kappa shape index (κ1) is 14.3. The molecule has 1 saturated heterocycles. The first-order valence-electron chi connectivity index (χ1n) is 7.27. The van der Waals surface area contributed by atoms with E-state index >= 15 is 0 Å². The number of pyridine rings is 1. The second-order valence-electron chi connectivity index (χ2n) is 5.19. The van der Waals surface area contributed by atoms with E-state index in [0.29, 0.717) is 30.8 Å². The summed E-state index contributed by atoms with van der Waals surface area (Å²) in [6, 6.07) is 6.48. The third kappa shape index (κ3) is 3.00. The van der Waals surface area contributed by atoms with Gasteiger partial charge < -0.3 is 14.6 Å². The zero-order chi connectivity index (χ0) is 15.4. The lowest BCUT2D eigenvalue weighted by Crippen LogP contribution is -2.45. The molecule has 114 valence electrons. The first-order valence-corrected chi connectivity index (χ1v) is 7.27. The van der Waals surface area contributed by atoms with E-state index in [2.05, 4.69) is 10.3 Å². The minimum absolute atomic E-state index is 0.127. The number of nitrogens with one attached hydrogen (secondary N) is 1. The molecule has 0 unspecified atom stereocenters. The summed E-state index contributed by atoms with van der Waals surface area (Å²) in [5.74, 6) is 0.424. The zero-order valence-electron chi connectivity index (χ0n) is 12.1. The fourth-order valence-corrected chi connectivity index (χ4v) is 2.65. The number of furan rings is 1. The third-order valence-electron chi connectivity index (χ3n) is 3.76. The number of nitrogens with zero attached hydrogens (tertiary/aromatic N) is 2. The van der Waals surface area contributed by atoms with Crippen molar-refractivity contribution >= 4 is 11.8 Å².